The van der Waals surface area contributed by atoms with Crippen molar-refractivity contribution >= 4 is 23.4 Å². The first-order valence-corrected chi connectivity index (χ1v) is 9.55. The summed E-state index contributed by atoms with van der Waals surface area (Å²) >= 11 is 1.31. The largest absolute Gasteiger partial charge is 0.308 e. The van der Waals surface area contributed by atoms with Crippen LogP contribution in [0, 0.1) is 0 Å². The van der Waals surface area contributed by atoms with Gasteiger partial charge in [-0.05, 0) is 38.3 Å². The van der Waals surface area contributed by atoms with E-state index < -0.39 is 0 Å². The Kier molecular flexibility index (Phi) is 5.27. The SMILES string of the molecule is CCCc1cc(=O)[nH]c(S[C@H](C)C(=O)N2c3ccccc3C[C@@H]2C)n1. The number of aromatic amines is 1. The summed E-state index contributed by atoms with van der Waals surface area (Å²) in [6, 6.07) is 9.71. The Morgan fingerprint density at radius 3 is 2.96 bits per heavy atom. The summed E-state index contributed by atoms with van der Waals surface area (Å²) in [6.07, 6.45) is 2.56. The zero-order valence-corrected chi connectivity index (χ0v) is 15.6. The molecule has 132 valence electrons. The molecule has 1 aromatic heterocycles. The van der Waals surface area contributed by atoms with Gasteiger partial charge in [-0.25, -0.2) is 4.98 Å². The standard InChI is InChI=1S/C19H23N3O2S/c1-4-7-15-11-17(23)21-19(20-15)25-13(3)18(24)22-12(2)10-14-8-5-6-9-16(14)22/h5-6,8-9,11-13H,4,7,10H2,1-3H3,(H,20,21,23)/t12-,13+/m0/s1. The zero-order valence-electron chi connectivity index (χ0n) is 14.8. The van der Waals surface area contributed by atoms with Gasteiger partial charge in [0.05, 0.1) is 5.25 Å². The fourth-order valence-corrected chi connectivity index (χ4v) is 4.12. The number of H-pyrrole nitrogens is 1. The number of fused-ring (bicyclic) bond motifs is 1. The van der Waals surface area contributed by atoms with Crippen molar-refractivity contribution in [3.8, 4) is 0 Å². The number of hydrogen-bond acceptors (Lipinski definition) is 4. The normalized spacial score (nSPS) is 17.4. The van der Waals surface area contributed by atoms with Crippen LogP contribution in [-0.4, -0.2) is 27.2 Å². The molecule has 1 aromatic carbocycles. The maximum Gasteiger partial charge on any atom is 0.251 e. The molecule has 1 amide bonds. The van der Waals surface area contributed by atoms with Crippen molar-refractivity contribution < 1.29 is 4.79 Å². The Labute approximate surface area is 151 Å². The van der Waals surface area contributed by atoms with E-state index in [9.17, 15) is 9.59 Å². The molecule has 5 nitrogen and oxygen atoms in total. The van der Waals surface area contributed by atoms with Crippen LogP contribution in [0.1, 0.15) is 38.4 Å². The second-order valence-corrected chi connectivity index (χ2v) is 7.77. The quantitative estimate of drug-likeness (QED) is 0.659. The number of aromatic nitrogens is 2. The van der Waals surface area contributed by atoms with Crippen molar-refractivity contribution in [1.82, 2.24) is 9.97 Å². The van der Waals surface area contributed by atoms with Gasteiger partial charge in [-0.2, -0.15) is 0 Å². The van der Waals surface area contributed by atoms with E-state index in [2.05, 4.69) is 23.0 Å². The minimum absolute atomic E-state index is 0.0472. The van der Waals surface area contributed by atoms with E-state index in [1.54, 1.807) is 0 Å². The van der Waals surface area contributed by atoms with Crippen LogP contribution in [0.2, 0.25) is 0 Å². The Morgan fingerprint density at radius 1 is 1.44 bits per heavy atom. The van der Waals surface area contributed by atoms with Gasteiger partial charge in [-0.1, -0.05) is 43.3 Å². The lowest BCUT2D eigenvalue weighted by molar-refractivity contribution is -0.118. The average Bonchev–Trinajstić information content (AvgIpc) is 2.89. The number of thioether (sulfide) groups is 1. The molecule has 1 N–H and O–H groups in total. The molecule has 0 fully saturated rings. The molecule has 6 heteroatoms. The van der Waals surface area contributed by atoms with Gasteiger partial charge in [0.2, 0.25) is 5.91 Å². The predicted octanol–water partition coefficient (Wildman–Crippen LogP) is 3.18. The van der Waals surface area contributed by atoms with Gasteiger partial charge in [-0.3, -0.25) is 9.59 Å². The molecule has 1 aliphatic heterocycles. The number of para-hydroxylation sites is 1. The fraction of sp³-hybridized carbons (Fsp3) is 0.421. The summed E-state index contributed by atoms with van der Waals surface area (Å²) in [5.41, 5.74) is 2.81. The van der Waals surface area contributed by atoms with Crippen LogP contribution in [0.25, 0.3) is 0 Å². The highest BCUT2D eigenvalue weighted by atomic mass is 32.2. The highest BCUT2D eigenvalue weighted by Crippen LogP contribution is 2.34. The molecule has 3 rings (SSSR count). The molecule has 0 unspecified atom stereocenters. The zero-order chi connectivity index (χ0) is 18.0. The van der Waals surface area contributed by atoms with Crippen LogP contribution >= 0.6 is 11.8 Å². The number of nitrogens with one attached hydrogen (secondary N) is 1. The number of benzene rings is 1. The van der Waals surface area contributed by atoms with Crippen molar-refractivity contribution in [2.24, 2.45) is 0 Å². The van der Waals surface area contributed by atoms with Crippen molar-refractivity contribution in [3.05, 3.63) is 51.9 Å². The van der Waals surface area contributed by atoms with Crippen LogP contribution in [-0.2, 0) is 17.6 Å². The van der Waals surface area contributed by atoms with E-state index in [4.69, 9.17) is 0 Å². The van der Waals surface area contributed by atoms with E-state index >= 15 is 0 Å². The molecule has 0 radical (unpaired) electrons. The first-order chi connectivity index (χ1) is 12.0. The minimum Gasteiger partial charge on any atom is -0.308 e. The molecule has 0 bridgehead atoms. The maximum absolute atomic E-state index is 13.0. The van der Waals surface area contributed by atoms with Gasteiger partial charge in [0.25, 0.3) is 5.56 Å². The number of aryl methyl sites for hydroxylation is 1. The van der Waals surface area contributed by atoms with Crippen LogP contribution in [0.4, 0.5) is 5.69 Å². The lowest BCUT2D eigenvalue weighted by atomic mass is 10.1. The van der Waals surface area contributed by atoms with E-state index in [0.717, 1.165) is 30.6 Å². The van der Waals surface area contributed by atoms with Crippen molar-refractivity contribution in [3.63, 3.8) is 0 Å². The number of carbonyl (C=O) groups is 1. The number of carbonyl (C=O) groups excluding carboxylic acids is 1. The smallest absolute Gasteiger partial charge is 0.251 e. The first kappa shape index (κ1) is 17.7. The Balaban J connectivity index is 1.79. The van der Waals surface area contributed by atoms with Crippen LogP contribution in [0.5, 0.6) is 0 Å². The highest BCUT2D eigenvalue weighted by Gasteiger charge is 2.33. The van der Waals surface area contributed by atoms with E-state index in [1.807, 2.05) is 36.9 Å². The number of amides is 1. The summed E-state index contributed by atoms with van der Waals surface area (Å²) in [5.74, 6) is 0.0472. The summed E-state index contributed by atoms with van der Waals surface area (Å²) in [6.45, 7) is 5.98. The van der Waals surface area contributed by atoms with Gasteiger partial charge in [-0.15, -0.1) is 0 Å². The van der Waals surface area contributed by atoms with Gasteiger partial charge in [0.1, 0.15) is 0 Å². The predicted molar refractivity (Wildman–Crippen MR) is 101 cm³/mol. The second kappa shape index (κ2) is 7.44. The topological polar surface area (TPSA) is 66.1 Å². The minimum atomic E-state index is -0.325. The third-order valence-electron chi connectivity index (χ3n) is 4.36. The molecule has 2 aromatic rings. The van der Waals surface area contributed by atoms with Gasteiger partial charge < -0.3 is 9.88 Å². The van der Waals surface area contributed by atoms with Crippen molar-refractivity contribution in [2.75, 3.05) is 4.90 Å². The Bertz CT molecular complexity index is 833. The van der Waals surface area contributed by atoms with Gasteiger partial charge in [0.15, 0.2) is 5.16 Å². The van der Waals surface area contributed by atoms with Crippen LogP contribution in [0.15, 0.2) is 40.3 Å². The van der Waals surface area contributed by atoms with E-state index in [-0.39, 0.29) is 22.8 Å². The third-order valence-corrected chi connectivity index (χ3v) is 5.33. The third kappa shape index (κ3) is 3.79. The molecule has 0 saturated carbocycles. The average molecular weight is 357 g/mol. The molecule has 0 spiro atoms. The molecule has 25 heavy (non-hydrogen) atoms. The van der Waals surface area contributed by atoms with Gasteiger partial charge >= 0.3 is 0 Å². The summed E-state index contributed by atoms with van der Waals surface area (Å²) in [4.78, 5) is 33.9. The van der Waals surface area contributed by atoms with E-state index in [1.165, 1.54) is 23.4 Å². The molecule has 0 saturated heterocycles. The summed E-state index contributed by atoms with van der Waals surface area (Å²) in [7, 11) is 0. The number of anilines is 1. The summed E-state index contributed by atoms with van der Waals surface area (Å²) in [5, 5.41) is 0.186. The highest BCUT2D eigenvalue weighted by molar-refractivity contribution is 8.00. The first-order valence-electron chi connectivity index (χ1n) is 8.67. The molecule has 2 atom stereocenters. The van der Waals surface area contributed by atoms with Gasteiger partial charge in [0, 0.05) is 23.5 Å². The Morgan fingerprint density at radius 2 is 2.20 bits per heavy atom. The lowest BCUT2D eigenvalue weighted by Crippen LogP contribution is -2.40. The van der Waals surface area contributed by atoms with E-state index in [0.29, 0.717) is 5.16 Å². The lowest BCUT2D eigenvalue weighted by Gasteiger charge is -2.25. The second-order valence-electron chi connectivity index (χ2n) is 6.44. The maximum atomic E-state index is 13.0. The van der Waals surface area contributed by atoms with Crippen molar-refractivity contribution in [2.45, 2.75) is 56.5 Å². The summed E-state index contributed by atoms with van der Waals surface area (Å²) < 4.78 is 0. The van der Waals surface area contributed by atoms with Crippen LogP contribution in [0.3, 0.4) is 0 Å². The number of nitrogens with zero attached hydrogens (tertiary/aromatic N) is 2. The molecule has 0 aliphatic carbocycles. The molecular weight excluding hydrogens is 334 g/mol. The van der Waals surface area contributed by atoms with Crippen LogP contribution < -0.4 is 10.5 Å². The van der Waals surface area contributed by atoms with Crippen molar-refractivity contribution in [1.29, 1.82) is 0 Å². The number of hydrogen-bond donors (Lipinski definition) is 1. The number of rotatable bonds is 5. The monoisotopic (exact) mass is 357 g/mol. The molecule has 1 aliphatic rings. The Hall–Kier alpha value is -2.08. The fourth-order valence-electron chi connectivity index (χ4n) is 3.24. The molecular formula is C19H23N3O2S. The molecule has 2 heterocycles.